The normalized spacial score (nSPS) is 19.5. The number of halogens is 2. The van der Waals surface area contributed by atoms with E-state index in [2.05, 4.69) is 13.8 Å². The molecule has 23 heavy (non-hydrogen) atoms. The highest BCUT2D eigenvalue weighted by Gasteiger charge is 2.32. The molecule has 0 unspecified atom stereocenters. The van der Waals surface area contributed by atoms with Crippen LogP contribution in [0.25, 0.3) is 0 Å². The van der Waals surface area contributed by atoms with E-state index in [4.69, 9.17) is 4.74 Å². The van der Waals surface area contributed by atoms with Crippen LogP contribution in [-0.2, 0) is 11.3 Å². The van der Waals surface area contributed by atoms with Gasteiger partial charge in [-0.25, -0.2) is 8.78 Å². The van der Waals surface area contributed by atoms with Crippen molar-refractivity contribution in [2.45, 2.75) is 33.4 Å². The molecule has 4 nitrogen and oxygen atoms in total. The molecule has 0 saturated carbocycles. The van der Waals surface area contributed by atoms with Gasteiger partial charge in [0.05, 0.1) is 13.2 Å². The van der Waals surface area contributed by atoms with E-state index >= 15 is 0 Å². The van der Waals surface area contributed by atoms with Crippen molar-refractivity contribution in [3.05, 3.63) is 29.3 Å². The number of rotatable bonds is 5. The Labute approximate surface area is 136 Å². The van der Waals surface area contributed by atoms with Gasteiger partial charge in [-0.3, -0.25) is 9.69 Å². The van der Waals surface area contributed by atoms with Crippen LogP contribution < -0.4 is 4.74 Å². The van der Waals surface area contributed by atoms with Crippen molar-refractivity contribution < 1.29 is 18.3 Å². The SMILES string of the molecule is COc1ccc(F)c(F)c1CN1CCN(CC(C)C)C(=O)[C@H]1C. The average molecular weight is 326 g/mol. The number of carbonyl (C=O) groups is 1. The van der Waals surface area contributed by atoms with Gasteiger partial charge in [-0.15, -0.1) is 0 Å². The minimum Gasteiger partial charge on any atom is -0.496 e. The van der Waals surface area contributed by atoms with Crippen LogP contribution in [0.2, 0.25) is 0 Å². The van der Waals surface area contributed by atoms with Crippen LogP contribution in [0.15, 0.2) is 12.1 Å². The monoisotopic (exact) mass is 326 g/mol. The number of ether oxygens (including phenoxy) is 1. The molecule has 2 rings (SSSR count). The highest BCUT2D eigenvalue weighted by atomic mass is 19.2. The van der Waals surface area contributed by atoms with Crippen molar-refractivity contribution in [2.75, 3.05) is 26.7 Å². The second-order valence-electron chi connectivity index (χ2n) is 6.37. The first-order valence-electron chi connectivity index (χ1n) is 7.88. The van der Waals surface area contributed by atoms with Crippen LogP contribution in [0.4, 0.5) is 8.78 Å². The van der Waals surface area contributed by atoms with Gasteiger partial charge < -0.3 is 9.64 Å². The summed E-state index contributed by atoms with van der Waals surface area (Å²) in [5.74, 6) is -1.08. The zero-order chi connectivity index (χ0) is 17.1. The van der Waals surface area contributed by atoms with Gasteiger partial charge in [0.2, 0.25) is 5.91 Å². The number of nitrogens with zero attached hydrogens (tertiary/aromatic N) is 2. The lowest BCUT2D eigenvalue weighted by atomic mass is 10.1. The van der Waals surface area contributed by atoms with Gasteiger partial charge in [-0.2, -0.15) is 0 Å². The Bertz CT molecular complexity index is 578. The van der Waals surface area contributed by atoms with Gasteiger partial charge in [-0.05, 0) is 25.0 Å². The molecule has 1 fully saturated rings. The van der Waals surface area contributed by atoms with Gasteiger partial charge in [0.1, 0.15) is 5.75 Å². The Balaban J connectivity index is 2.16. The van der Waals surface area contributed by atoms with E-state index in [0.717, 1.165) is 6.07 Å². The fraction of sp³-hybridized carbons (Fsp3) is 0.588. The summed E-state index contributed by atoms with van der Waals surface area (Å²) in [6.07, 6.45) is 0. The molecule has 1 aromatic rings. The zero-order valence-corrected chi connectivity index (χ0v) is 14.1. The number of hydrogen-bond acceptors (Lipinski definition) is 3. The second-order valence-corrected chi connectivity index (χ2v) is 6.37. The fourth-order valence-corrected chi connectivity index (χ4v) is 2.93. The van der Waals surface area contributed by atoms with Gasteiger partial charge in [-0.1, -0.05) is 13.8 Å². The van der Waals surface area contributed by atoms with Crippen molar-refractivity contribution in [1.29, 1.82) is 0 Å². The van der Waals surface area contributed by atoms with Crippen molar-refractivity contribution in [2.24, 2.45) is 5.92 Å². The van der Waals surface area contributed by atoms with Gasteiger partial charge in [0.15, 0.2) is 11.6 Å². The third kappa shape index (κ3) is 3.80. The van der Waals surface area contributed by atoms with Gasteiger partial charge in [0.25, 0.3) is 0 Å². The molecule has 1 aliphatic heterocycles. The first-order chi connectivity index (χ1) is 10.8. The molecule has 128 valence electrons. The Morgan fingerprint density at radius 3 is 2.61 bits per heavy atom. The molecule has 1 amide bonds. The summed E-state index contributed by atoms with van der Waals surface area (Å²) in [6.45, 7) is 8.02. The van der Waals surface area contributed by atoms with E-state index in [1.807, 2.05) is 9.80 Å². The predicted molar refractivity (Wildman–Crippen MR) is 84.2 cm³/mol. The number of carbonyl (C=O) groups excluding carboxylic acids is 1. The van der Waals surface area contributed by atoms with E-state index in [-0.39, 0.29) is 24.1 Å². The Kier molecular flexibility index (Phi) is 5.57. The van der Waals surface area contributed by atoms with E-state index in [9.17, 15) is 13.6 Å². The topological polar surface area (TPSA) is 32.8 Å². The molecule has 6 heteroatoms. The summed E-state index contributed by atoms with van der Waals surface area (Å²) in [6, 6.07) is 2.09. The van der Waals surface area contributed by atoms with Crippen molar-refractivity contribution in [1.82, 2.24) is 9.80 Å². The van der Waals surface area contributed by atoms with Crippen LogP contribution in [-0.4, -0.2) is 48.5 Å². The standard InChI is InChI=1S/C17H24F2N2O2/c1-11(2)9-21-8-7-20(12(3)17(21)22)10-13-15(23-4)6-5-14(18)16(13)19/h5-6,11-12H,7-10H2,1-4H3/t12-/m1/s1. The summed E-state index contributed by atoms with van der Waals surface area (Å²) in [5, 5.41) is 0. The van der Waals surface area contributed by atoms with Crippen molar-refractivity contribution in [3.8, 4) is 5.75 Å². The van der Waals surface area contributed by atoms with Crippen LogP contribution in [0.1, 0.15) is 26.3 Å². The highest BCUT2D eigenvalue weighted by Crippen LogP contribution is 2.27. The first-order valence-corrected chi connectivity index (χ1v) is 7.88. The first kappa shape index (κ1) is 17.7. The lowest BCUT2D eigenvalue weighted by Gasteiger charge is -2.40. The Morgan fingerprint density at radius 2 is 2.00 bits per heavy atom. The molecule has 0 aliphatic carbocycles. The summed E-state index contributed by atoms with van der Waals surface area (Å²) >= 11 is 0. The minimum absolute atomic E-state index is 0.0285. The van der Waals surface area contributed by atoms with Crippen LogP contribution >= 0.6 is 0 Å². The van der Waals surface area contributed by atoms with Crippen molar-refractivity contribution >= 4 is 5.91 Å². The summed E-state index contributed by atoms with van der Waals surface area (Å²) in [4.78, 5) is 16.2. The molecule has 0 bridgehead atoms. The third-order valence-corrected chi connectivity index (χ3v) is 4.19. The molecule has 1 aromatic carbocycles. The molecule has 1 saturated heterocycles. The van der Waals surface area contributed by atoms with E-state index in [1.54, 1.807) is 6.92 Å². The minimum atomic E-state index is -0.909. The maximum Gasteiger partial charge on any atom is 0.239 e. The van der Waals surface area contributed by atoms with Gasteiger partial charge >= 0.3 is 0 Å². The van der Waals surface area contributed by atoms with Crippen LogP contribution in [0.5, 0.6) is 5.75 Å². The molecule has 1 heterocycles. The molecular weight excluding hydrogens is 302 g/mol. The van der Waals surface area contributed by atoms with Gasteiger partial charge in [0, 0.05) is 31.7 Å². The average Bonchev–Trinajstić information content (AvgIpc) is 2.51. The van der Waals surface area contributed by atoms with E-state index < -0.39 is 11.6 Å². The predicted octanol–water partition coefficient (Wildman–Crippen LogP) is 2.66. The molecule has 1 aliphatic rings. The number of amides is 1. The molecule has 0 radical (unpaired) electrons. The summed E-state index contributed by atoms with van der Waals surface area (Å²) in [5.41, 5.74) is 0.157. The molecule has 0 N–H and O–H groups in total. The van der Waals surface area contributed by atoms with Crippen molar-refractivity contribution in [3.63, 3.8) is 0 Å². The molecule has 0 spiro atoms. The lowest BCUT2D eigenvalue weighted by Crippen LogP contribution is -2.56. The Morgan fingerprint density at radius 1 is 1.30 bits per heavy atom. The van der Waals surface area contributed by atoms with Crippen LogP contribution in [0, 0.1) is 17.6 Å². The maximum atomic E-state index is 14.1. The summed E-state index contributed by atoms with van der Waals surface area (Å²) < 4.78 is 32.7. The fourth-order valence-electron chi connectivity index (χ4n) is 2.93. The smallest absolute Gasteiger partial charge is 0.239 e. The number of hydrogen-bond donors (Lipinski definition) is 0. The number of benzene rings is 1. The third-order valence-electron chi connectivity index (χ3n) is 4.19. The van der Waals surface area contributed by atoms with E-state index in [0.29, 0.717) is 31.3 Å². The highest BCUT2D eigenvalue weighted by molar-refractivity contribution is 5.82. The number of piperazine rings is 1. The maximum absolute atomic E-state index is 14.1. The zero-order valence-electron chi connectivity index (χ0n) is 14.1. The summed E-state index contributed by atoms with van der Waals surface area (Å²) in [7, 11) is 1.42. The lowest BCUT2D eigenvalue weighted by molar-refractivity contribution is -0.142. The largest absolute Gasteiger partial charge is 0.496 e. The number of methoxy groups -OCH3 is 1. The second kappa shape index (κ2) is 7.25. The molecule has 1 atom stereocenters. The molecule has 0 aromatic heterocycles. The van der Waals surface area contributed by atoms with Crippen LogP contribution in [0.3, 0.4) is 0 Å². The Hall–Kier alpha value is -1.69. The van der Waals surface area contributed by atoms with E-state index in [1.165, 1.54) is 13.2 Å². The molecular formula is C17H24F2N2O2. The quantitative estimate of drug-likeness (QED) is 0.834.